The van der Waals surface area contributed by atoms with Gasteiger partial charge in [-0.05, 0) is 23.3 Å². The fourth-order valence-electron chi connectivity index (χ4n) is 2.33. The lowest BCUT2D eigenvalue weighted by molar-refractivity contribution is -0.135. The third-order valence-corrected chi connectivity index (χ3v) is 3.42. The first kappa shape index (κ1) is 12.0. The van der Waals surface area contributed by atoms with E-state index in [0.717, 1.165) is 18.7 Å². The first-order chi connectivity index (χ1) is 8.18. The number of carbonyl (C=O) groups is 1. The zero-order valence-corrected chi connectivity index (χ0v) is 10.5. The highest BCUT2D eigenvalue weighted by molar-refractivity contribution is 5.78. The summed E-state index contributed by atoms with van der Waals surface area (Å²) in [5, 5.41) is 11.2. The number of carbonyl (C=O) groups excluding carboxylic acids is 1. The van der Waals surface area contributed by atoms with E-state index < -0.39 is 0 Å². The first-order valence-electron chi connectivity index (χ1n) is 6.14. The van der Waals surface area contributed by atoms with E-state index in [1.165, 1.54) is 19.3 Å². The van der Waals surface area contributed by atoms with Gasteiger partial charge >= 0.3 is 0 Å². The van der Waals surface area contributed by atoms with Crippen molar-refractivity contribution in [3.05, 3.63) is 5.82 Å². The monoisotopic (exact) mass is 237 g/mol. The van der Waals surface area contributed by atoms with Gasteiger partial charge in [-0.3, -0.25) is 4.79 Å². The highest BCUT2D eigenvalue weighted by Crippen LogP contribution is 2.25. The van der Waals surface area contributed by atoms with E-state index in [4.69, 9.17) is 0 Å². The minimum absolute atomic E-state index is 0.204. The topological polar surface area (TPSA) is 63.9 Å². The Morgan fingerprint density at radius 1 is 1.41 bits per heavy atom. The van der Waals surface area contributed by atoms with Crippen molar-refractivity contribution in [3.63, 3.8) is 0 Å². The summed E-state index contributed by atoms with van der Waals surface area (Å²) in [6.07, 6.45) is 5.67. The van der Waals surface area contributed by atoms with Crippen molar-refractivity contribution in [3.8, 4) is 0 Å². The van der Waals surface area contributed by atoms with E-state index in [-0.39, 0.29) is 11.8 Å². The molecule has 1 heterocycles. The molecule has 0 unspecified atom stereocenters. The molecule has 17 heavy (non-hydrogen) atoms. The second kappa shape index (κ2) is 5.25. The molecule has 0 aliphatic heterocycles. The lowest BCUT2D eigenvalue weighted by Gasteiger charge is -2.25. The van der Waals surface area contributed by atoms with Crippen LogP contribution in [0.2, 0.25) is 0 Å². The molecule has 1 aromatic heterocycles. The van der Waals surface area contributed by atoms with Crippen molar-refractivity contribution < 1.29 is 4.79 Å². The number of tetrazole rings is 1. The predicted octanol–water partition coefficient (Wildman–Crippen LogP) is 0.749. The van der Waals surface area contributed by atoms with Gasteiger partial charge in [-0.2, -0.15) is 0 Å². The average Bonchev–Trinajstić information content (AvgIpc) is 2.75. The maximum absolute atomic E-state index is 12.2. The Kier molecular flexibility index (Phi) is 3.71. The van der Waals surface area contributed by atoms with Crippen molar-refractivity contribution in [2.45, 2.75) is 38.6 Å². The van der Waals surface area contributed by atoms with Gasteiger partial charge in [-0.15, -0.1) is 5.10 Å². The van der Waals surface area contributed by atoms with Crippen LogP contribution in [-0.4, -0.2) is 38.1 Å². The second-order valence-electron chi connectivity index (χ2n) is 4.75. The number of hydrogen-bond donors (Lipinski definition) is 0. The van der Waals surface area contributed by atoms with E-state index in [2.05, 4.69) is 15.5 Å². The molecule has 6 nitrogen and oxygen atoms in total. The van der Waals surface area contributed by atoms with E-state index in [1.807, 2.05) is 7.05 Å². The van der Waals surface area contributed by atoms with Gasteiger partial charge in [0.25, 0.3) is 0 Å². The third kappa shape index (κ3) is 2.81. The van der Waals surface area contributed by atoms with Crippen LogP contribution in [0.1, 0.15) is 37.9 Å². The van der Waals surface area contributed by atoms with Crippen LogP contribution in [0.5, 0.6) is 0 Å². The summed E-state index contributed by atoms with van der Waals surface area (Å²) in [5.74, 6) is 1.15. The van der Waals surface area contributed by atoms with Crippen LogP contribution < -0.4 is 0 Å². The van der Waals surface area contributed by atoms with E-state index in [1.54, 1.807) is 16.6 Å². The van der Waals surface area contributed by atoms with Crippen molar-refractivity contribution in [1.82, 2.24) is 25.1 Å². The predicted molar refractivity (Wildman–Crippen MR) is 61.8 cm³/mol. The molecule has 1 aliphatic carbocycles. The van der Waals surface area contributed by atoms with Gasteiger partial charge in [0.05, 0.1) is 6.54 Å². The molecule has 1 amide bonds. The molecule has 94 valence electrons. The molecule has 0 saturated heterocycles. The minimum atomic E-state index is 0.204. The SMILES string of the molecule is CN(Cc1nnnn1C)C(=O)C1CCCCC1. The zero-order valence-electron chi connectivity index (χ0n) is 10.5. The fourth-order valence-corrected chi connectivity index (χ4v) is 2.33. The first-order valence-corrected chi connectivity index (χ1v) is 6.14. The third-order valence-electron chi connectivity index (χ3n) is 3.42. The Balaban J connectivity index is 1.93. The second-order valence-corrected chi connectivity index (χ2v) is 4.75. The normalized spacial score (nSPS) is 17.1. The lowest BCUT2D eigenvalue weighted by Crippen LogP contribution is -2.34. The van der Waals surface area contributed by atoms with Gasteiger partial charge in [0.2, 0.25) is 5.91 Å². The van der Waals surface area contributed by atoms with Crippen LogP contribution in [0.4, 0.5) is 0 Å². The molecule has 1 saturated carbocycles. The lowest BCUT2D eigenvalue weighted by atomic mass is 9.88. The largest absolute Gasteiger partial charge is 0.338 e. The molecule has 0 aromatic carbocycles. The summed E-state index contributed by atoms with van der Waals surface area (Å²) < 4.78 is 1.60. The summed E-state index contributed by atoms with van der Waals surface area (Å²) in [7, 11) is 3.61. The molecule has 0 bridgehead atoms. The van der Waals surface area contributed by atoms with Crippen LogP contribution in [-0.2, 0) is 18.4 Å². The summed E-state index contributed by atoms with van der Waals surface area (Å²) in [4.78, 5) is 13.9. The molecule has 0 atom stereocenters. The molecule has 6 heteroatoms. The molecule has 0 spiro atoms. The van der Waals surface area contributed by atoms with Gasteiger partial charge in [0.1, 0.15) is 0 Å². The van der Waals surface area contributed by atoms with Crippen LogP contribution >= 0.6 is 0 Å². The molecular weight excluding hydrogens is 218 g/mol. The summed E-state index contributed by atoms with van der Waals surface area (Å²) in [6, 6.07) is 0. The highest BCUT2D eigenvalue weighted by atomic mass is 16.2. The van der Waals surface area contributed by atoms with Crippen molar-refractivity contribution in [2.24, 2.45) is 13.0 Å². The fraction of sp³-hybridized carbons (Fsp3) is 0.818. The van der Waals surface area contributed by atoms with Gasteiger partial charge in [-0.25, -0.2) is 4.68 Å². The number of amides is 1. The van der Waals surface area contributed by atoms with Crippen LogP contribution in [0.3, 0.4) is 0 Å². The Labute approximate surface area is 101 Å². The number of rotatable bonds is 3. The molecule has 1 aromatic rings. The Morgan fingerprint density at radius 3 is 2.71 bits per heavy atom. The Morgan fingerprint density at radius 2 is 2.12 bits per heavy atom. The quantitative estimate of drug-likeness (QED) is 0.778. The summed E-state index contributed by atoms with van der Waals surface area (Å²) in [5.41, 5.74) is 0. The minimum Gasteiger partial charge on any atom is -0.338 e. The van der Waals surface area contributed by atoms with E-state index in [9.17, 15) is 4.79 Å². The van der Waals surface area contributed by atoms with Crippen LogP contribution in [0, 0.1) is 5.92 Å². The van der Waals surface area contributed by atoms with Crippen LogP contribution in [0.15, 0.2) is 0 Å². The number of nitrogens with zero attached hydrogens (tertiary/aromatic N) is 5. The van der Waals surface area contributed by atoms with Gasteiger partial charge < -0.3 is 4.90 Å². The summed E-state index contributed by atoms with van der Waals surface area (Å²) >= 11 is 0. The maximum atomic E-state index is 12.2. The van der Waals surface area contributed by atoms with Gasteiger partial charge in [0, 0.05) is 20.0 Å². The smallest absolute Gasteiger partial charge is 0.225 e. The standard InChI is InChI=1S/C11H19N5O/c1-15(8-10-12-13-14-16(10)2)11(17)9-6-4-3-5-7-9/h9H,3-8H2,1-2H3. The molecular formula is C11H19N5O. The van der Waals surface area contributed by atoms with Crippen molar-refractivity contribution in [2.75, 3.05) is 7.05 Å². The number of hydrogen-bond acceptors (Lipinski definition) is 4. The van der Waals surface area contributed by atoms with Gasteiger partial charge in [-0.1, -0.05) is 19.3 Å². The molecule has 0 radical (unpaired) electrons. The Hall–Kier alpha value is -1.46. The maximum Gasteiger partial charge on any atom is 0.225 e. The van der Waals surface area contributed by atoms with E-state index in [0.29, 0.717) is 6.54 Å². The molecule has 2 rings (SSSR count). The van der Waals surface area contributed by atoms with Crippen molar-refractivity contribution in [1.29, 1.82) is 0 Å². The van der Waals surface area contributed by atoms with Crippen LogP contribution in [0.25, 0.3) is 0 Å². The Bertz CT molecular complexity index is 383. The van der Waals surface area contributed by atoms with Gasteiger partial charge in [0.15, 0.2) is 5.82 Å². The summed E-state index contributed by atoms with van der Waals surface area (Å²) in [6.45, 7) is 0.485. The highest BCUT2D eigenvalue weighted by Gasteiger charge is 2.24. The number of aryl methyl sites for hydroxylation is 1. The molecule has 0 N–H and O–H groups in total. The number of aromatic nitrogens is 4. The zero-order chi connectivity index (χ0) is 12.3. The average molecular weight is 237 g/mol. The molecule has 1 fully saturated rings. The van der Waals surface area contributed by atoms with Crippen molar-refractivity contribution >= 4 is 5.91 Å². The van der Waals surface area contributed by atoms with E-state index >= 15 is 0 Å². The molecule has 1 aliphatic rings.